The molecule has 0 aliphatic heterocycles. The lowest BCUT2D eigenvalue weighted by Gasteiger charge is -2.25. The molecule has 96 valence electrons. The fourth-order valence-corrected chi connectivity index (χ4v) is 1.41. The quantitative estimate of drug-likeness (QED) is 0.734. The van der Waals surface area contributed by atoms with E-state index in [1.54, 1.807) is 13.8 Å². The zero-order valence-corrected chi connectivity index (χ0v) is 11.7. The van der Waals surface area contributed by atoms with Crippen molar-refractivity contribution in [2.24, 2.45) is 10.8 Å². The summed E-state index contributed by atoms with van der Waals surface area (Å²) >= 11 is 5.69. The van der Waals surface area contributed by atoms with E-state index in [0.29, 0.717) is 6.42 Å². The highest BCUT2D eigenvalue weighted by Gasteiger charge is 2.27. The van der Waals surface area contributed by atoms with Crippen LogP contribution >= 0.6 is 11.6 Å². The predicted molar refractivity (Wildman–Crippen MR) is 67.6 cm³/mol. The minimum absolute atomic E-state index is 0.0617. The number of carbonyl (C=O) groups excluding carboxylic acids is 1. The molecule has 0 fully saturated rings. The second kappa shape index (κ2) is 5.87. The van der Waals surface area contributed by atoms with Gasteiger partial charge in [0.05, 0.1) is 11.5 Å². The van der Waals surface area contributed by atoms with Gasteiger partial charge < -0.3 is 10.4 Å². The van der Waals surface area contributed by atoms with E-state index in [1.165, 1.54) is 0 Å². The van der Waals surface area contributed by atoms with Crippen LogP contribution in [0.2, 0.25) is 0 Å². The smallest absolute Gasteiger partial charge is 0.226 e. The summed E-state index contributed by atoms with van der Waals surface area (Å²) in [5.41, 5.74) is -0.519. The van der Waals surface area contributed by atoms with Crippen molar-refractivity contribution in [2.45, 2.75) is 47.1 Å². The van der Waals surface area contributed by atoms with Gasteiger partial charge in [0, 0.05) is 12.4 Å². The summed E-state index contributed by atoms with van der Waals surface area (Å²) in [7, 11) is 0. The number of aliphatic hydroxyl groups excluding tert-OH is 1. The summed E-state index contributed by atoms with van der Waals surface area (Å²) in [6.45, 7) is 10.0. The first-order valence-corrected chi connectivity index (χ1v) is 6.14. The molecule has 2 N–H and O–H groups in total. The second-order valence-electron chi connectivity index (χ2n) is 6.15. The lowest BCUT2D eigenvalue weighted by atomic mass is 9.89. The van der Waals surface area contributed by atoms with Crippen LogP contribution in [0, 0.1) is 10.8 Å². The summed E-state index contributed by atoms with van der Waals surface area (Å²) in [6.07, 6.45) is 0.157. The molecule has 0 spiro atoms. The molecular formula is C12H24ClNO2. The molecule has 0 aromatic heterocycles. The molecule has 0 aliphatic carbocycles. The van der Waals surface area contributed by atoms with Gasteiger partial charge in [-0.05, 0) is 25.7 Å². The molecular weight excluding hydrogens is 226 g/mol. The van der Waals surface area contributed by atoms with Crippen LogP contribution in [0.15, 0.2) is 0 Å². The summed E-state index contributed by atoms with van der Waals surface area (Å²) in [4.78, 5) is 11.7. The zero-order chi connectivity index (χ0) is 13.0. The van der Waals surface area contributed by atoms with Crippen LogP contribution in [-0.2, 0) is 4.79 Å². The first-order valence-electron chi connectivity index (χ1n) is 5.61. The van der Waals surface area contributed by atoms with E-state index in [4.69, 9.17) is 11.6 Å². The highest BCUT2D eigenvalue weighted by Crippen LogP contribution is 2.21. The van der Waals surface area contributed by atoms with Crippen LogP contribution in [0.4, 0.5) is 0 Å². The van der Waals surface area contributed by atoms with Crippen LogP contribution in [0.1, 0.15) is 41.0 Å². The van der Waals surface area contributed by atoms with Gasteiger partial charge in [-0.1, -0.05) is 20.8 Å². The molecule has 0 saturated heterocycles. The molecule has 0 aromatic rings. The average molecular weight is 250 g/mol. The SMILES string of the molecule is CC(C)(C)CC(O)CNC(=O)C(C)(C)CCl. The van der Waals surface area contributed by atoms with E-state index in [1.807, 2.05) is 0 Å². The van der Waals surface area contributed by atoms with Crippen molar-refractivity contribution in [1.82, 2.24) is 5.32 Å². The summed E-state index contributed by atoms with van der Waals surface area (Å²) in [5, 5.41) is 12.4. The van der Waals surface area contributed by atoms with E-state index in [-0.39, 0.29) is 23.7 Å². The number of rotatable bonds is 5. The molecule has 4 heteroatoms. The number of carbonyl (C=O) groups is 1. The summed E-state index contributed by atoms with van der Waals surface area (Å²) in [5.74, 6) is 0.157. The maximum absolute atomic E-state index is 11.7. The van der Waals surface area contributed by atoms with E-state index in [9.17, 15) is 9.90 Å². The van der Waals surface area contributed by atoms with Gasteiger partial charge >= 0.3 is 0 Å². The fraction of sp³-hybridized carbons (Fsp3) is 0.917. The van der Waals surface area contributed by atoms with Crippen molar-refractivity contribution < 1.29 is 9.90 Å². The van der Waals surface area contributed by atoms with Crippen LogP contribution in [-0.4, -0.2) is 29.5 Å². The van der Waals surface area contributed by atoms with E-state index in [2.05, 4.69) is 26.1 Å². The number of nitrogens with one attached hydrogen (secondary N) is 1. The van der Waals surface area contributed by atoms with Crippen LogP contribution < -0.4 is 5.32 Å². The number of hydrogen-bond acceptors (Lipinski definition) is 2. The number of amides is 1. The lowest BCUT2D eigenvalue weighted by Crippen LogP contribution is -2.42. The Kier molecular flexibility index (Phi) is 5.77. The van der Waals surface area contributed by atoms with Gasteiger partial charge in [0.2, 0.25) is 5.91 Å². The molecule has 16 heavy (non-hydrogen) atoms. The Balaban J connectivity index is 4.02. The van der Waals surface area contributed by atoms with Gasteiger partial charge in [-0.2, -0.15) is 0 Å². The van der Waals surface area contributed by atoms with Crippen LogP contribution in [0.3, 0.4) is 0 Å². The van der Waals surface area contributed by atoms with Crippen LogP contribution in [0.5, 0.6) is 0 Å². The van der Waals surface area contributed by atoms with Crippen molar-refractivity contribution in [1.29, 1.82) is 0 Å². The Morgan fingerprint density at radius 2 is 1.81 bits per heavy atom. The van der Waals surface area contributed by atoms with Gasteiger partial charge in [0.25, 0.3) is 0 Å². The van der Waals surface area contributed by atoms with Gasteiger partial charge in [0.1, 0.15) is 0 Å². The van der Waals surface area contributed by atoms with Crippen molar-refractivity contribution in [3.8, 4) is 0 Å². The van der Waals surface area contributed by atoms with Crippen molar-refractivity contribution in [2.75, 3.05) is 12.4 Å². The third-order valence-corrected chi connectivity index (χ3v) is 2.96. The fourth-order valence-electron chi connectivity index (χ4n) is 1.29. The molecule has 0 radical (unpaired) electrons. The Labute approximate surface area is 104 Å². The van der Waals surface area contributed by atoms with Crippen LogP contribution in [0.25, 0.3) is 0 Å². The van der Waals surface area contributed by atoms with Gasteiger partial charge in [-0.25, -0.2) is 0 Å². The molecule has 1 atom stereocenters. The standard InChI is InChI=1S/C12H24ClNO2/c1-11(2,3)6-9(15)7-14-10(16)12(4,5)8-13/h9,15H,6-8H2,1-5H3,(H,14,16). The maximum Gasteiger partial charge on any atom is 0.226 e. The molecule has 0 bridgehead atoms. The monoisotopic (exact) mass is 249 g/mol. The molecule has 1 amide bonds. The lowest BCUT2D eigenvalue weighted by molar-refractivity contribution is -0.128. The normalized spacial score (nSPS) is 14.7. The van der Waals surface area contributed by atoms with Crippen molar-refractivity contribution in [3.63, 3.8) is 0 Å². The van der Waals surface area contributed by atoms with Gasteiger partial charge in [-0.15, -0.1) is 11.6 Å². The Bertz CT molecular complexity index is 234. The highest BCUT2D eigenvalue weighted by atomic mass is 35.5. The molecule has 0 heterocycles. The predicted octanol–water partition coefficient (Wildman–Crippen LogP) is 2.16. The number of alkyl halides is 1. The Morgan fingerprint density at radius 3 is 2.19 bits per heavy atom. The third-order valence-electron chi connectivity index (χ3n) is 2.29. The minimum Gasteiger partial charge on any atom is -0.391 e. The largest absolute Gasteiger partial charge is 0.391 e. The van der Waals surface area contributed by atoms with Gasteiger partial charge in [0.15, 0.2) is 0 Å². The number of hydrogen-bond donors (Lipinski definition) is 2. The maximum atomic E-state index is 11.7. The zero-order valence-electron chi connectivity index (χ0n) is 10.9. The second-order valence-corrected chi connectivity index (χ2v) is 6.41. The topological polar surface area (TPSA) is 49.3 Å². The van der Waals surface area contributed by atoms with Gasteiger partial charge in [-0.3, -0.25) is 4.79 Å². The number of aliphatic hydroxyl groups is 1. The third kappa shape index (κ3) is 6.33. The molecule has 1 unspecified atom stereocenters. The van der Waals surface area contributed by atoms with E-state index >= 15 is 0 Å². The molecule has 0 saturated carbocycles. The average Bonchev–Trinajstić information content (AvgIpc) is 2.11. The minimum atomic E-state index is -0.580. The van der Waals surface area contributed by atoms with E-state index in [0.717, 1.165) is 0 Å². The first-order chi connectivity index (χ1) is 7.08. The van der Waals surface area contributed by atoms with E-state index < -0.39 is 11.5 Å². The molecule has 3 nitrogen and oxygen atoms in total. The highest BCUT2D eigenvalue weighted by molar-refractivity contribution is 6.19. The van der Waals surface area contributed by atoms with Crippen molar-refractivity contribution in [3.05, 3.63) is 0 Å². The molecule has 0 aromatic carbocycles. The molecule has 0 rings (SSSR count). The first kappa shape index (κ1) is 15.7. The summed E-state index contributed by atoms with van der Waals surface area (Å²) in [6, 6.07) is 0. The summed E-state index contributed by atoms with van der Waals surface area (Å²) < 4.78 is 0. The number of halogens is 1. The van der Waals surface area contributed by atoms with Crippen molar-refractivity contribution >= 4 is 17.5 Å². The molecule has 0 aliphatic rings. The Hall–Kier alpha value is -0.280. The Morgan fingerprint density at radius 1 is 1.31 bits per heavy atom.